The molecule has 3 aromatic rings. The summed E-state index contributed by atoms with van der Waals surface area (Å²) in [6.45, 7) is -0.667. The fraction of sp³-hybridized carbons (Fsp3) is 0.211. The maximum Gasteiger partial charge on any atom is 0.417 e. The summed E-state index contributed by atoms with van der Waals surface area (Å²) < 4.78 is 49.9. The zero-order chi connectivity index (χ0) is 22.8. The van der Waals surface area contributed by atoms with Crippen LogP contribution >= 0.6 is 22.9 Å². The first-order valence-corrected chi connectivity index (χ1v) is 9.83. The van der Waals surface area contributed by atoms with Crippen molar-refractivity contribution < 1.29 is 27.4 Å². The molecule has 1 N–H and O–H groups in total. The van der Waals surface area contributed by atoms with E-state index in [1.54, 1.807) is 23.6 Å². The number of pyridine rings is 1. The molecule has 164 valence electrons. The van der Waals surface area contributed by atoms with Crippen LogP contribution in [0, 0.1) is 0 Å². The third kappa shape index (κ3) is 5.17. The van der Waals surface area contributed by atoms with Crippen LogP contribution in [-0.4, -0.2) is 29.7 Å². The fourth-order valence-corrected chi connectivity index (χ4v) is 3.61. The van der Waals surface area contributed by atoms with E-state index in [1.165, 1.54) is 14.2 Å². The number of nitrogens with zero attached hydrogens (tertiary/aromatic N) is 2. The Bertz CT molecular complexity index is 1180. The number of rotatable bonds is 6. The zero-order valence-electron chi connectivity index (χ0n) is 16.1. The van der Waals surface area contributed by atoms with Crippen LogP contribution in [0.1, 0.15) is 5.56 Å². The number of anilines is 1. The van der Waals surface area contributed by atoms with Gasteiger partial charge in [0, 0.05) is 17.1 Å². The van der Waals surface area contributed by atoms with Gasteiger partial charge in [-0.3, -0.25) is 9.59 Å². The van der Waals surface area contributed by atoms with E-state index in [0.717, 1.165) is 11.3 Å². The van der Waals surface area contributed by atoms with Crippen LogP contribution in [0.25, 0.3) is 11.3 Å². The van der Waals surface area contributed by atoms with Crippen LogP contribution in [0.3, 0.4) is 0 Å². The Morgan fingerprint density at radius 3 is 2.65 bits per heavy atom. The number of ether oxygens (including phenoxy) is 2. The summed E-state index contributed by atoms with van der Waals surface area (Å²) in [5.41, 5.74) is -0.924. The van der Waals surface area contributed by atoms with Crippen molar-refractivity contribution in [1.29, 1.82) is 0 Å². The number of carbonyl (C=O) groups is 1. The molecule has 2 heterocycles. The van der Waals surface area contributed by atoms with Gasteiger partial charge in [0.05, 0.1) is 25.5 Å². The molecule has 0 saturated heterocycles. The molecule has 1 aromatic carbocycles. The second-order valence-electron chi connectivity index (χ2n) is 6.16. The first-order valence-electron chi connectivity index (χ1n) is 8.57. The summed E-state index contributed by atoms with van der Waals surface area (Å²) in [4.78, 5) is 28.6. The molecule has 0 aliphatic heterocycles. The average Bonchev–Trinajstić information content (AvgIpc) is 3.18. The van der Waals surface area contributed by atoms with Gasteiger partial charge in [-0.05, 0) is 24.3 Å². The highest BCUT2D eigenvalue weighted by Crippen LogP contribution is 2.35. The van der Waals surface area contributed by atoms with Crippen molar-refractivity contribution in [1.82, 2.24) is 9.55 Å². The van der Waals surface area contributed by atoms with Crippen LogP contribution in [-0.2, 0) is 17.5 Å². The molecule has 0 aliphatic carbocycles. The third-order valence-electron chi connectivity index (χ3n) is 4.12. The SMILES string of the molecule is COc1ccc(OC)c(-c2csc(NC(=O)Cn3cc(C(F)(F)F)cc(Cl)c3=O)n2)c1. The highest BCUT2D eigenvalue weighted by molar-refractivity contribution is 7.14. The van der Waals surface area contributed by atoms with Crippen LogP contribution in [0.4, 0.5) is 18.3 Å². The first-order chi connectivity index (χ1) is 14.6. The minimum atomic E-state index is -4.71. The summed E-state index contributed by atoms with van der Waals surface area (Å²) in [7, 11) is 3.01. The van der Waals surface area contributed by atoms with Gasteiger partial charge in [0.1, 0.15) is 23.1 Å². The van der Waals surface area contributed by atoms with E-state index in [4.69, 9.17) is 21.1 Å². The second kappa shape index (κ2) is 8.98. The van der Waals surface area contributed by atoms with E-state index in [-0.39, 0.29) is 5.13 Å². The molecule has 2 aromatic heterocycles. The molecule has 12 heteroatoms. The van der Waals surface area contributed by atoms with E-state index in [1.807, 2.05) is 0 Å². The monoisotopic (exact) mass is 473 g/mol. The summed E-state index contributed by atoms with van der Waals surface area (Å²) >= 11 is 6.69. The number of aromatic nitrogens is 2. The molecule has 31 heavy (non-hydrogen) atoms. The van der Waals surface area contributed by atoms with Gasteiger partial charge >= 0.3 is 6.18 Å². The van der Waals surface area contributed by atoms with Crippen LogP contribution < -0.4 is 20.3 Å². The first kappa shape index (κ1) is 22.6. The van der Waals surface area contributed by atoms with E-state index in [2.05, 4.69) is 10.3 Å². The predicted octanol–water partition coefficient (Wildman–Crippen LogP) is 4.30. The Morgan fingerprint density at radius 2 is 2.00 bits per heavy atom. The van der Waals surface area contributed by atoms with Gasteiger partial charge in [0.25, 0.3) is 5.56 Å². The maximum absolute atomic E-state index is 12.9. The van der Waals surface area contributed by atoms with Crippen molar-refractivity contribution >= 4 is 34.0 Å². The maximum atomic E-state index is 12.9. The lowest BCUT2D eigenvalue weighted by Gasteiger charge is -2.11. The molecular weight excluding hydrogens is 459 g/mol. The summed E-state index contributed by atoms with van der Waals surface area (Å²) in [5, 5.41) is 3.69. The van der Waals surface area contributed by atoms with Crippen molar-refractivity contribution in [3.63, 3.8) is 0 Å². The van der Waals surface area contributed by atoms with Gasteiger partial charge in [0.2, 0.25) is 5.91 Å². The number of benzene rings is 1. The topological polar surface area (TPSA) is 82.5 Å². The number of methoxy groups -OCH3 is 2. The van der Waals surface area contributed by atoms with Gasteiger partial charge in [-0.25, -0.2) is 4.98 Å². The molecule has 0 unspecified atom stereocenters. The summed E-state index contributed by atoms with van der Waals surface area (Å²) in [6, 6.07) is 5.65. The standard InChI is InChI=1S/C19H15ClF3N3O4S/c1-29-11-3-4-15(30-2)12(6-11)14-9-31-18(24-14)25-16(27)8-26-7-10(19(21,22)23)5-13(20)17(26)28/h3-7,9H,8H2,1-2H3,(H,24,25,27). The van der Waals surface area contributed by atoms with Gasteiger partial charge in [-0.2, -0.15) is 13.2 Å². The van der Waals surface area contributed by atoms with E-state index < -0.39 is 34.8 Å². The molecular formula is C19H15ClF3N3O4S. The number of amides is 1. The molecule has 1 amide bonds. The molecule has 0 atom stereocenters. The van der Waals surface area contributed by atoms with Crippen LogP contribution in [0.2, 0.25) is 5.02 Å². The quantitative estimate of drug-likeness (QED) is 0.577. The lowest BCUT2D eigenvalue weighted by atomic mass is 10.1. The Morgan fingerprint density at radius 1 is 1.26 bits per heavy atom. The van der Waals surface area contributed by atoms with Crippen molar-refractivity contribution in [2.24, 2.45) is 0 Å². The van der Waals surface area contributed by atoms with Gasteiger partial charge in [0.15, 0.2) is 5.13 Å². The van der Waals surface area contributed by atoms with Crippen molar-refractivity contribution in [3.8, 4) is 22.8 Å². The Balaban J connectivity index is 1.80. The molecule has 0 aliphatic rings. The fourth-order valence-electron chi connectivity index (χ4n) is 2.65. The van der Waals surface area contributed by atoms with Gasteiger partial charge in [-0.1, -0.05) is 11.6 Å². The lowest BCUT2D eigenvalue weighted by Crippen LogP contribution is -2.29. The number of hydrogen-bond acceptors (Lipinski definition) is 6. The highest BCUT2D eigenvalue weighted by atomic mass is 35.5. The highest BCUT2D eigenvalue weighted by Gasteiger charge is 2.32. The molecule has 3 rings (SSSR count). The molecule has 0 spiro atoms. The number of thiazole rings is 1. The van der Waals surface area contributed by atoms with E-state index in [0.29, 0.717) is 39.6 Å². The van der Waals surface area contributed by atoms with Crippen molar-refractivity contribution in [3.05, 3.63) is 56.8 Å². The van der Waals surface area contributed by atoms with E-state index >= 15 is 0 Å². The average molecular weight is 474 g/mol. The Labute approximate surface area is 183 Å². The zero-order valence-corrected chi connectivity index (χ0v) is 17.7. The molecule has 0 fully saturated rings. The van der Waals surface area contributed by atoms with Gasteiger partial charge < -0.3 is 19.4 Å². The van der Waals surface area contributed by atoms with Gasteiger partial charge in [-0.15, -0.1) is 11.3 Å². The Kier molecular flexibility index (Phi) is 6.56. The number of hydrogen-bond donors (Lipinski definition) is 1. The lowest BCUT2D eigenvalue weighted by molar-refractivity contribution is -0.138. The van der Waals surface area contributed by atoms with E-state index in [9.17, 15) is 22.8 Å². The number of carbonyl (C=O) groups excluding carboxylic acids is 1. The summed E-state index contributed by atoms with van der Waals surface area (Å²) in [6.07, 6.45) is -4.17. The summed E-state index contributed by atoms with van der Waals surface area (Å²) in [5.74, 6) is 0.375. The van der Waals surface area contributed by atoms with Crippen LogP contribution in [0.15, 0.2) is 40.6 Å². The molecule has 0 bridgehead atoms. The normalized spacial score (nSPS) is 11.3. The minimum Gasteiger partial charge on any atom is -0.497 e. The molecule has 0 saturated carbocycles. The third-order valence-corrected chi connectivity index (χ3v) is 5.15. The van der Waals surface area contributed by atoms with Crippen molar-refractivity contribution in [2.75, 3.05) is 19.5 Å². The molecule has 7 nitrogen and oxygen atoms in total. The number of alkyl halides is 3. The smallest absolute Gasteiger partial charge is 0.417 e. The van der Waals surface area contributed by atoms with Crippen molar-refractivity contribution in [2.45, 2.75) is 12.7 Å². The minimum absolute atomic E-state index is 0.191. The number of halogens is 4. The van der Waals surface area contributed by atoms with Crippen LogP contribution in [0.5, 0.6) is 11.5 Å². The Hall–Kier alpha value is -3.05. The predicted molar refractivity (Wildman–Crippen MR) is 110 cm³/mol. The molecule has 0 radical (unpaired) electrons. The number of nitrogens with one attached hydrogen (secondary N) is 1. The second-order valence-corrected chi connectivity index (χ2v) is 7.43. The largest absolute Gasteiger partial charge is 0.497 e.